The van der Waals surface area contributed by atoms with Crippen LogP contribution in [0.3, 0.4) is 0 Å². The zero-order chi connectivity index (χ0) is 9.19. The Hall–Kier alpha value is -0.0400. The maximum atomic E-state index is 5.96. The minimum Gasteiger partial charge on any atom is -0.372 e. The van der Waals surface area contributed by atoms with Crippen molar-refractivity contribution in [2.24, 2.45) is 5.92 Å². The van der Waals surface area contributed by atoms with Crippen LogP contribution in [0, 0.1) is 12.8 Å². The summed E-state index contributed by atoms with van der Waals surface area (Å²) in [7, 11) is 0. The van der Waals surface area contributed by atoms with E-state index >= 15 is 0 Å². The van der Waals surface area contributed by atoms with E-state index in [0.717, 1.165) is 18.8 Å². The quantitative estimate of drug-likeness (QED) is 0.614. The zero-order valence-electron chi connectivity index (χ0n) is 8.60. The fourth-order valence-electron chi connectivity index (χ4n) is 1.65. The van der Waals surface area contributed by atoms with Gasteiger partial charge in [-0.3, -0.25) is 0 Å². The van der Waals surface area contributed by atoms with Gasteiger partial charge in [0.2, 0.25) is 0 Å². The largest absolute Gasteiger partial charge is 0.372 e. The Morgan fingerprint density at radius 1 is 1.50 bits per heavy atom. The third-order valence-electron chi connectivity index (χ3n) is 2.57. The van der Waals surface area contributed by atoms with Crippen molar-refractivity contribution in [1.29, 1.82) is 0 Å². The molecule has 1 saturated carbocycles. The highest BCUT2D eigenvalue weighted by atomic mass is 16.5. The second-order valence-electron chi connectivity index (χ2n) is 4.52. The van der Waals surface area contributed by atoms with Crippen LogP contribution in [0.5, 0.6) is 0 Å². The first-order valence-corrected chi connectivity index (χ1v) is 5.02. The molecule has 1 rings (SSSR count). The molecule has 1 nitrogen and oxygen atoms in total. The van der Waals surface area contributed by atoms with Gasteiger partial charge in [0.05, 0.1) is 11.7 Å². The summed E-state index contributed by atoms with van der Waals surface area (Å²) in [5, 5.41) is 0. The Morgan fingerprint density at radius 3 is 2.50 bits per heavy atom. The van der Waals surface area contributed by atoms with Crippen molar-refractivity contribution >= 4 is 0 Å². The smallest absolute Gasteiger partial charge is 0.0630 e. The molecule has 0 spiro atoms. The SMILES string of the molecule is [CH2]CCC(C)(C)OC(C)C1CC1. The van der Waals surface area contributed by atoms with Gasteiger partial charge in [0.1, 0.15) is 0 Å². The van der Waals surface area contributed by atoms with Crippen LogP contribution in [0.2, 0.25) is 0 Å². The summed E-state index contributed by atoms with van der Waals surface area (Å²) in [5.74, 6) is 0.842. The fraction of sp³-hybridized carbons (Fsp3) is 0.909. The molecule has 0 aromatic carbocycles. The Bertz CT molecular complexity index is 136. The lowest BCUT2D eigenvalue weighted by atomic mass is 10.0. The zero-order valence-corrected chi connectivity index (χ0v) is 8.60. The van der Waals surface area contributed by atoms with Crippen molar-refractivity contribution in [3.8, 4) is 0 Å². The first-order valence-electron chi connectivity index (χ1n) is 5.02. The van der Waals surface area contributed by atoms with E-state index in [1.165, 1.54) is 12.8 Å². The summed E-state index contributed by atoms with van der Waals surface area (Å²) in [6, 6.07) is 0. The van der Waals surface area contributed by atoms with Crippen molar-refractivity contribution in [1.82, 2.24) is 0 Å². The molecule has 1 radical (unpaired) electrons. The second-order valence-corrected chi connectivity index (χ2v) is 4.52. The monoisotopic (exact) mass is 169 g/mol. The minimum absolute atomic E-state index is 0.0315. The van der Waals surface area contributed by atoms with Crippen LogP contribution >= 0.6 is 0 Å². The van der Waals surface area contributed by atoms with Gasteiger partial charge in [0.15, 0.2) is 0 Å². The fourth-order valence-corrected chi connectivity index (χ4v) is 1.65. The molecule has 0 saturated heterocycles. The van der Waals surface area contributed by atoms with E-state index in [0.29, 0.717) is 6.10 Å². The molecule has 1 aliphatic carbocycles. The molecule has 1 unspecified atom stereocenters. The predicted octanol–water partition coefficient (Wildman–Crippen LogP) is 3.19. The normalized spacial score (nSPS) is 21.0. The highest BCUT2D eigenvalue weighted by Crippen LogP contribution is 2.36. The third-order valence-corrected chi connectivity index (χ3v) is 2.57. The Labute approximate surface area is 76.5 Å². The van der Waals surface area contributed by atoms with Crippen molar-refractivity contribution in [3.63, 3.8) is 0 Å². The van der Waals surface area contributed by atoms with Crippen molar-refractivity contribution in [2.75, 3.05) is 0 Å². The van der Waals surface area contributed by atoms with E-state index in [1.54, 1.807) is 0 Å². The molecule has 0 aromatic rings. The van der Waals surface area contributed by atoms with Gasteiger partial charge in [-0.05, 0) is 46.0 Å². The van der Waals surface area contributed by atoms with Gasteiger partial charge in [-0.15, -0.1) is 0 Å². The highest BCUT2D eigenvalue weighted by Gasteiger charge is 2.32. The minimum atomic E-state index is 0.0315. The molecule has 1 fully saturated rings. The van der Waals surface area contributed by atoms with Gasteiger partial charge in [-0.1, -0.05) is 13.3 Å². The van der Waals surface area contributed by atoms with Crippen LogP contribution in [-0.4, -0.2) is 11.7 Å². The molecule has 0 heterocycles. The lowest BCUT2D eigenvalue weighted by Crippen LogP contribution is -2.30. The molecule has 0 amide bonds. The van der Waals surface area contributed by atoms with Crippen LogP contribution < -0.4 is 0 Å². The van der Waals surface area contributed by atoms with Crippen LogP contribution in [0.4, 0.5) is 0 Å². The van der Waals surface area contributed by atoms with E-state index in [9.17, 15) is 0 Å². The summed E-state index contributed by atoms with van der Waals surface area (Å²) in [5.41, 5.74) is 0.0315. The molecular formula is C11H21O. The molecular weight excluding hydrogens is 148 g/mol. The van der Waals surface area contributed by atoms with Gasteiger partial charge in [0, 0.05) is 0 Å². The highest BCUT2D eigenvalue weighted by molar-refractivity contribution is 4.82. The summed E-state index contributed by atoms with van der Waals surface area (Å²) in [4.78, 5) is 0. The topological polar surface area (TPSA) is 9.23 Å². The van der Waals surface area contributed by atoms with Gasteiger partial charge < -0.3 is 4.74 Å². The van der Waals surface area contributed by atoms with Gasteiger partial charge >= 0.3 is 0 Å². The predicted molar refractivity (Wildman–Crippen MR) is 51.9 cm³/mol. The lowest BCUT2D eigenvalue weighted by molar-refractivity contribution is -0.0761. The molecule has 0 bridgehead atoms. The standard InChI is InChI=1S/C11H21O/c1-5-8-11(3,4)12-9(2)10-6-7-10/h9-10H,1,5-8H2,2-4H3. The second kappa shape index (κ2) is 3.78. The van der Waals surface area contributed by atoms with Gasteiger partial charge in [-0.2, -0.15) is 0 Å². The van der Waals surface area contributed by atoms with Crippen molar-refractivity contribution in [2.45, 2.75) is 58.2 Å². The van der Waals surface area contributed by atoms with Crippen LogP contribution in [0.1, 0.15) is 46.5 Å². The van der Waals surface area contributed by atoms with Gasteiger partial charge in [-0.25, -0.2) is 0 Å². The molecule has 1 atom stereocenters. The third kappa shape index (κ3) is 3.14. The van der Waals surface area contributed by atoms with Gasteiger partial charge in [0.25, 0.3) is 0 Å². The Morgan fingerprint density at radius 2 is 2.08 bits per heavy atom. The first kappa shape index (κ1) is 10.0. The van der Waals surface area contributed by atoms with E-state index < -0.39 is 0 Å². The number of ether oxygens (including phenoxy) is 1. The first-order chi connectivity index (χ1) is 5.55. The molecule has 1 heteroatoms. The molecule has 12 heavy (non-hydrogen) atoms. The van der Waals surface area contributed by atoms with E-state index in [-0.39, 0.29) is 5.60 Å². The maximum Gasteiger partial charge on any atom is 0.0630 e. The van der Waals surface area contributed by atoms with Crippen LogP contribution in [0.15, 0.2) is 0 Å². The summed E-state index contributed by atoms with van der Waals surface area (Å²) in [6.07, 6.45) is 5.20. The summed E-state index contributed by atoms with van der Waals surface area (Å²) >= 11 is 0. The average Bonchev–Trinajstić information content (AvgIpc) is 2.65. The molecule has 0 N–H and O–H groups in total. The van der Waals surface area contributed by atoms with Crippen LogP contribution in [0.25, 0.3) is 0 Å². The molecule has 71 valence electrons. The lowest BCUT2D eigenvalue weighted by Gasteiger charge is -2.29. The Kier molecular flexibility index (Phi) is 3.16. The molecule has 0 aromatic heterocycles. The number of hydrogen-bond donors (Lipinski definition) is 0. The van der Waals surface area contributed by atoms with Crippen molar-refractivity contribution in [3.05, 3.63) is 6.92 Å². The molecule has 0 aliphatic heterocycles. The molecule has 1 aliphatic rings. The van der Waals surface area contributed by atoms with Crippen molar-refractivity contribution < 1.29 is 4.74 Å². The van der Waals surface area contributed by atoms with Crippen LogP contribution in [-0.2, 0) is 4.74 Å². The number of hydrogen-bond acceptors (Lipinski definition) is 1. The summed E-state index contributed by atoms with van der Waals surface area (Å²) < 4.78 is 5.96. The number of rotatable bonds is 5. The maximum absolute atomic E-state index is 5.96. The van der Waals surface area contributed by atoms with E-state index in [4.69, 9.17) is 4.74 Å². The van der Waals surface area contributed by atoms with E-state index in [1.807, 2.05) is 0 Å². The summed E-state index contributed by atoms with van der Waals surface area (Å²) in [6.45, 7) is 10.4. The average molecular weight is 169 g/mol. The van der Waals surface area contributed by atoms with E-state index in [2.05, 4.69) is 27.7 Å². The Balaban J connectivity index is 2.26.